The largest absolute Gasteiger partial charge is 0.368 e. The first-order chi connectivity index (χ1) is 9.03. The number of anilines is 1. The summed E-state index contributed by atoms with van der Waals surface area (Å²) in [5.74, 6) is 1.17. The summed E-state index contributed by atoms with van der Waals surface area (Å²) in [6.45, 7) is 10.8. The van der Waals surface area contributed by atoms with Gasteiger partial charge >= 0.3 is 0 Å². The van der Waals surface area contributed by atoms with E-state index in [1.54, 1.807) is 0 Å². The Bertz CT molecular complexity index is 434. The number of nitrogens with zero attached hydrogens (tertiary/aromatic N) is 1. The highest BCUT2D eigenvalue weighted by Crippen LogP contribution is 2.37. The van der Waals surface area contributed by atoms with Crippen LogP contribution in [0.5, 0.6) is 0 Å². The van der Waals surface area contributed by atoms with E-state index in [-0.39, 0.29) is 0 Å². The minimum absolute atomic E-state index is 0.298. The minimum atomic E-state index is 0.298. The van der Waals surface area contributed by atoms with Crippen LogP contribution < -0.4 is 10.2 Å². The number of nitrogens with one attached hydrogen (secondary N) is 1. The van der Waals surface area contributed by atoms with E-state index in [2.05, 4.69) is 37.1 Å². The number of hydrogen-bond acceptors (Lipinski definition) is 3. The van der Waals surface area contributed by atoms with Crippen LogP contribution in [0, 0.1) is 0 Å². The van der Waals surface area contributed by atoms with Crippen LogP contribution in [0.1, 0.15) is 26.3 Å². The van der Waals surface area contributed by atoms with Gasteiger partial charge in [0.25, 0.3) is 0 Å². The maximum Gasteiger partial charge on any atom is 0.0642 e. The molecule has 0 amide bonds. The summed E-state index contributed by atoms with van der Waals surface area (Å²) >= 11 is 8.51. The highest BCUT2D eigenvalue weighted by Gasteiger charge is 2.29. The molecule has 19 heavy (non-hydrogen) atoms. The van der Waals surface area contributed by atoms with Crippen LogP contribution in [-0.4, -0.2) is 30.1 Å². The summed E-state index contributed by atoms with van der Waals surface area (Å²) < 4.78 is 0.298. The van der Waals surface area contributed by atoms with Gasteiger partial charge in [0.05, 0.1) is 10.7 Å². The van der Waals surface area contributed by atoms with E-state index in [0.29, 0.717) is 4.75 Å². The van der Waals surface area contributed by atoms with E-state index in [0.717, 1.165) is 31.2 Å². The third-order valence-electron chi connectivity index (χ3n) is 3.38. The fraction of sp³-hybridized carbons (Fsp3) is 0.600. The molecule has 0 aromatic heterocycles. The quantitative estimate of drug-likeness (QED) is 0.911. The zero-order valence-electron chi connectivity index (χ0n) is 12.0. The second-order valence-electron chi connectivity index (χ2n) is 5.56. The van der Waals surface area contributed by atoms with Crippen molar-refractivity contribution in [3.05, 3.63) is 28.8 Å². The average molecular weight is 299 g/mol. The van der Waals surface area contributed by atoms with E-state index >= 15 is 0 Å². The molecule has 0 spiro atoms. The number of para-hydroxylation sites is 1. The van der Waals surface area contributed by atoms with Crippen molar-refractivity contribution in [2.24, 2.45) is 0 Å². The van der Waals surface area contributed by atoms with E-state index in [4.69, 9.17) is 11.6 Å². The van der Waals surface area contributed by atoms with Crippen molar-refractivity contribution in [1.82, 2.24) is 5.32 Å². The molecule has 0 saturated carbocycles. The van der Waals surface area contributed by atoms with Gasteiger partial charge in [-0.15, -0.1) is 0 Å². The summed E-state index contributed by atoms with van der Waals surface area (Å²) in [5, 5.41) is 4.27. The Kier molecular flexibility index (Phi) is 5.04. The number of thioether (sulfide) groups is 1. The molecule has 1 saturated heterocycles. The summed E-state index contributed by atoms with van der Waals surface area (Å²) in [6, 6.07) is 6.22. The first kappa shape index (κ1) is 15.0. The Balaban J connectivity index is 2.26. The van der Waals surface area contributed by atoms with Crippen LogP contribution in [0.3, 0.4) is 0 Å². The van der Waals surface area contributed by atoms with Crippen LogP contribution in [0.2, 0.25) is 5.02 Å². The van der Waals surface area contributed by atoms with Gasteiger partial charge in [-0.2, -0.15) is 11.8 Å². The van der Waals surface area contributed by atoms with Gasteiger partial charge in [0.1, 0.15) is 0 Å². The maximum absolute atomic E-state index is 6.46. The normalized spacial score (nSPS) is 18.6. The Labute approximate surface area is 125 Å². The van der Waals surface area contributed by atoms with Gasteiger partial charge in [-0.3, -0.25) is 0 Å². The van der Waals surface area contributed by atoms with Gasteiger partial charge < -0.3 is 10.2 Å². The lowest BCUT2D eigenvalue weighted by molar-refractivity contribution is 0.642. The molecule has 1 fully saturated rings. The maximum atomic E-state index is 6.46. The molecule has 4 heteroatoms. The topological polar surface area (TPSA) is 15.3 Å². The summed E-state index contributed by atoms with van der Waals surface area (Å²) in [5.41, 5.74) is 2.52. The molecule has 1 N–H and O–H groups in total. The lowest BCUT2D eigenvalue weighted by Gasteiger charge is -2.40. The van der Waals surface area contributed by atoms with Crippen LogP contribution >= 0.6 is 23.4 Å². The molecule has 1 aliphatic rings. The number of halogens is 1. The monoisotopic (exact) mass is 298 g/mol. The SMILES string of the molecule is CCNCc1cccc(Cl)c1N1CCSC(C)(C)C1. The molecule has 1 aromatic carbocycles. The van der Waals surface area contributed by atoms with Gasteiger partial charge in [-0.25, -0.2) is 0 Å². The lowest BCUT2D eigenvalue weighted by atomic mass is 10.1. The molecule has 106 valence electrons. The smallest absolute Gasteiger partial charge is 0.0642 e. The first-order valence-corrected chi connectivity index (χ1v) is 8.27. The molecular formula is C15H23ClN2S. The first-order valence-electron chi connectivity index (χ1n) is 6.90. The van der Waals surface area contributed by atoms with E-state index < -0.39 is 0 Å². The van der Waals surface area contributed by atoms with Gasteiger partial charge in [0.2, 0.25) is 0 Å². The van der Waals surface area contributed by atoms with Crippen molar-refractivity contribution in [2.75, 3.05) is 30.3 Å². The van der Waals surface area contributed by atoms with Crippen molar-refractivity contribution >= 4 is 29.1 Å². The van der Waals surface area contributed by atoms with Gasteiger partial charge in [-0.1, -0.05) is 30.7 Å². The highest BCUT2D eigenvalue weighted by molar-refractivity contribution is 8.00. The third kappa shape index (κ3) is 3.80. The molecule has 0 aliphatic carbocycles. The van der Waals surface area contributed by atoms with Crippen molar-refractivity contribution in [1.29, 1.82) is 0 Å². The van der Waals surface area contributed by atoms with Crippen molar-refractivity contribution in [3.8, 4) is 0 Å². The summed E-state index contributed by atoms with van der Waals surface area (Å²) in [6.07, 6.45) is 0. The van der Waals surface area contributed by atoms with E-state index in [1.807, 2.05) is 23.9 Å². The molecule has 0 atom stereocenters. The molecule has 1 heterocycles. The summed E-state index contributed by atoms with van der Waals surface area (Å²) in [7, 11) is 0. The van der Waals surface area contributed by atoms with Crippen LogP contribution in [0.15, 0.2) is 18.2 Å². The lowest BCUT2D eigenvalue weighted by Crippen LogP contribution is -2.43. The standard InChI is InChI=1S/C15H23ClN2S/c1-4-17-10-12-6-5-7-13(16)14(12)18-8-9-19-15(2,3)11-18/h5-7,17H,4,8-11H2,1-3H3. The zero-order valence-corrected chi connectivity index (χ0v) is 13.6. The van der Waals surface area contributed by atoms with Gasteiger partial charge in [0.15, 0.2) is 0 Å². The number of hydrogen-bond donors (Lipinski definition) is 1. The zero-order chi connectivity index (χ0) is 13.9. The second-order valence-corrected chi connectivity index (χ2v) is 7.77. The average Bonchev–Trinajstić information content (AvgIpc) is 2.35. The van der Waals surface area contributed by atoms with Crippen LogP contribution in [-0.2, 0) is 6.54 Å². The molecule has 0 radical (unpaired) electrons. The van der Waals surface area contributed by atoms with E-state index in [1.165, 1.54) is 17.0 Å². The molecule has 0 unspecified atom stereocenters. The summed E-state index contributed by atoms with van der Waals surface area (Å²) in [4.78, 5) is 2.45. The predicted molar refractivity (Wildman–Crippen MR) is 87.6 cm³/mol. The number of rotatable bonds is 4. The second kappa shape index (κ2) is 6.38. The molecular weight excluding hydrogens is 276 g/mol. The Morgan fingerprint density at radius 1 is 1.42 bits per heavy atom. The van der Waals surface area contributed by atoms with Crippen molar-refractivity contribution < 1.29 is 0 Å². The van der Waals surface area contributed by atoms with Crippen molar-refractivity contribution in [3.63, 3.8) is 0 Å². The minimum Gasteiger partial charge on any atom is -0.368 e. The fourth-order valence-electron chi connectivity index (χ4n) is 2.52. The molecule has 2 nitrogen and oxygen atoms in total. The molecule has 1 aliphatic heterocycles. The Morgan fingerprint density at radius 2 is 2.21 bits per heavy atom. The van der Waals surface area contributed by atoms with Crippen molar-refractivity contribution in [2.45, 2.75) is 32.1 Å². The van der Waals surface area contributed by atoms with Crippen LogP contribution in [0.25, 0.3) is 0 Å². The van der Waals surface area contributed by atoms with Gasteiger partial charge in [-0.05, 0) is 32.0 Å². The Hall–Kier alpha value is -0.380. The predicted octanol–water partition coefficient (Wildman–Crippen LogP) is 3.78. The van der Waals surface area contributed by atoms with Crippen LogP contribution in [0.4, 0.5) is 5.69 Å². The Morgan fingerprint density at radius 3 is 2.89 bits per heavy atom. The third-order valence-corrected chi connectivity index (χ3v) is 4.98. The van der Waals surface area contributed by atoms with Gasteiger partial charge in [0, 0.05) is 30.1 Å². The van der Waals surface area contributed by atoms with E-state index in [9.17, 15) is 0 Å². The fourth-order valence-corrected chi connectivity index (χ4v) is 3.95. The molecule has 0 bridgehead atoms. The highest BCUT2D eigenvalue weighted by atomic mass is 35.5. The molecule has 1 aromatic rings. The molecule has 2 rings (SSSR count). The number of benzene rings is 1.